The van der Waals surface area contributed by atoms with Crippen LogP contribution in [-0.4, -0.2) is 64.0 Å². The van der Waals surface area contributed by atoms with Gasteiger partial charge in [-0.15, -0.1) is 5.10 Å². The van der Waals surface area contributed by atoms with E-state index in [0.717, 1.165) is 16.8 Å². The van der Waals surface area contributed by atoms with E-state index in [1.165, 1.54) is 0 Å². The largest absolute Gasteiger partial charge is 0.400 e. The third kappa shape index (κ3) is 9.13. The van der Waals surface area contributed by atoms with Crippen LogP contribution in [0, 0.1) is 0 Å². The van der Waals surface area contributed by atoms with Gasteiger partial charge in [0.2, 0.25) is 0 Å². The first-order valence-corrected chi connectivity index (χ1v) is 11.4. The predicted molar refractivity (Wildman–Crippen MR) is 140 cm³/mol. The number of benzene rings is 2. The Balaban J connectivity index is 1.65. The number of nitrogens with zero attached hydrogens (tertiary/aromatic N) is 7. The van der Waals surface area contributed by atoms with E-state index in [9.17, 15) is 0 Å². The van der Waals surface area contributed by atoms with Gasteiger partial charge in [-0.25, -0.2) is 9.69 Å². The van der Waals surface area contributed by atoms with Gasteiger partial charge in [0.1, 0.15) is 0 Å². The van der Waals surface area contributed by atoms with Gasteiger partial charge >= 0.3 is 0 Å². The number of nitrogens with two attached hydrogens (primary N) is 2. The van der Waals surface area contributed by atoms with Crippen molar-refractivity contribution >= 4 is 13.4 Å². The van der Waals surface area contributed by atoms with E-state index in [-0.39, 0.29) is 6.04 Å². The highest BCUT2D eigenvalue weighted by atomic mass is 15.4. The Morgan fingerprint density at radius 1 is 1.03 bits per heavy atom. The zero-order valence-corrected chi connectivity index (χ0v) is 19.9. The molecule has 35 heavy (non-hydrogen) atoms. The maximum Gasteiger partial charge on any atom is 0.0967 e. The third-order valence-corrected chi connectivity index (χ3v) is 5.31. The maximum absolute atomic E-state index is 6.29. The summed E-state index contributed by atoms with van der Waals surface area (Å²) in [6.07, 6.45) is 3.57. The molecule has 0 aliphatic rings. The second-order valence-electron chi connectivity index (χ2n) is 8.32. The number of hydrogen-bond acceptors (Lipinski definition) is 9. The monoisotopic (exact) mass is 474 g/mol. The predicted octanol–water partition coefficient (Wildman–Crippen LogP) is 1.58. The molecule has 1 atom stereocenters. The Morgan fingerprint density at radius 2 is 1.71 bits per heavy atom. The first-order chi connectivity index (χ1) is 17.1. The summed E-state index contributed by atoms with van der Waals surface area (Å²) in [5.74, 6) is 6.29. The molecule has 184 valence electrons. The first kappa shape index (κ1) is 25.8. The summed E-state index contributed by atoms with van der Waals surface area (Å²) in [5, 5.41) is 14.0. The summed E-state index contributed by atoms with van der Waals surface area (Å²) >= 11 is 0. The molecule has 0 fully saturated rings. The number of hydrazone groups is 1. The molecule has 0 aliphatic carbocycles. The van der Waals surface area contributed by atoms with Crippen LogP contribution >= 0.6 is 0 Å². The molecule has 2 aromatic carbocycles. The number of aliphatic imine (C=N–C) groups is 1. The fourth-order valence-corrected chi connectivity index (χ4v) is 3.73. The van der Waals surface area contributed by atoms with Crippen molar-refractivity contribution in [2.45, 2.75) is 25.7 Å². The van der Waals surface area contributed by atoms with Crippen LogP contribution in [-0.2, 0) is 19.6 Å². The van der Waals surface area contributed by atoms with Gasteiger partial charge in [-0.05, 0) is 17.8 Å². The molecule has 0 spiro atoms. The molecule has 0 bridgehead atoms. The summed E-state index contributed by atoms with van der Waals surface area (Å²) in [6, 6.07) is 20.1. The molecule has 1 heterocycles. The Bertz CT molecular complexity index is 1060. The summed E-state index contributed by atoms with van der Waals surface area (Å²) in [4.78, 5) is 6.46. The summed E-state index contributed by atoms with van der Waals surface area (Å²) in [6.45, 7) is 10.6. The fourth-order valence-electron chi connectivity index (χ4n) is 3.73. The second-order valence-corrected chi connectivity index (χ2v) is 8.32. The van der Waals surface area contributed by atoms with Gasteiger partial charge in [0.05, 0.1) is 24.5 Å². The minimum absolute atomic E-state index is 0.124. The van der Waals surface area contributed by atoms with Crippen molar-refractivity contribution < 1.29 is 0 Å². The Morgan fingerprint density at radius 3 is 2.37 bits per heavy atom. The van der Waals surface area contributed by atoms with Crippen molar-refractivity contribution in [3.63, 3.8) is 0 Å². The van der Waals surface area contributed by atoms with Gasteiger partial charge in [0, 0.05) is 51.3 Å². The maximum atomic E-state index is 6.29. The minimum Gasteiger partial charge on any atom is -0.400 e. The van der Waals surface area contributed by atoms with Crippen LogP contribution in [0.4, 0.5) is 0 Å². The number of nitrogens with one attached hydrogen (secondary N) is 1. The standard InChI is InChI=1S/C25H34N10/c1-28-24(19-34(27)14-21-9-5-3-6-10-21)17-33(16-23(26)13-30-29-2)18-25-20-35(32-31-25)15-22-11-7-4-8-12-22/h3-13,20,24,30H,1-2,14-19,26-27H2/b23-13-. The zero-order valence-electron chi connectivity index (χ0n) is 19.9. The smallest absolute Gasteiger partial charge is 0.0967 e. The molecule has 1 unspecified atom stereocenters. The van der Waals surface area contributed by atoms with Crippen LogP contribution in [0.2, 0.25) is 0 Å². The molecule has 0 radical (unpaired) electrons. The van der Waals surface area contributed by atoms with E-state index >= 15 is 0 Å². The van der Waals surface area contributed by atoms with Crippen molar-refractivity contribution in [1.82, 2.24) is 30.3 Å². The van der Waals surface area contributed by atoms with E-state index in [2.05, 4.69) is 56.3 Å². The number of aromatic nitrogens is 3. The van der Waals surface area contributed by atoms with Crippen LogP contribution in [0.5, 0.6) is 0 Å². The van der Waals surface area contributed by atoms with Gasteiger partial charge in [-0.3, -0.25) is 21.2 Å². The Hall–Kier alpha value is -3.86. The molecular formula is C25H34N10. The van der Waals surface area contributed by atoms with Crippen LogP contribution in [0.3, 0.4) is 0 Å². The first-order valence-electron chi connectivity index (χ1n) is 11.4. The summed E-state index contributed by atoms with van der Waals surface area (Å²) < 4.78 is 1.83. The third-order valence-electron chi connectivity index (χ3n) is 5.31. The topological polar surface area (TPSA) is 126 Å². The number of rotatable bonds is 15. The van der Waals surface area contributed by atoms with Gasteiger partial charge in [-0.2, -0.15) is 5.10 Å². The van der Waals surface area contributed by atoms with E-state index in [0.29, 0.717) is 45.0 Å². The highest BCUT2D eigenvalue weighted by Gasteiger charge is 2.18. The van der Waals surface area contributed by atoms with E-state index < -0.39 is 0 Å². The summed E-state index contributed by atoms with van der Waals surface area (Å²) in [7, 11) is 0. The number of hydrogen-bond donors (Lipinski definition) is 3. The molecular weight excluding hydrogens is 440 g/mol. The molecule has 10 heteroatoms. The molecule has 10 nitrogen and oxygen atoms in total. The van der Waals surface area contributed by atoms with Crippen molar-refractivity contribution in [1.29, 1.82) is 0 Å². The number of hydrazine groups is 1. The van der Waals surface area contributed by atoms with Crippen molar-refractivity contribution in [3.05, 3.63) is 95.6 Å². The molecule has 5 N–H and O–H groups in total. The van der Waals surface area contributed by atoms with Gasteiger partial charge in [0.25, 0.3) is 0 Å². The summed E-state index contributed by atoms with van der Waals surface area (Å²) in [5.41, 5.74) is 12.6. The average molecular weight is 475 g/mol. The SMILES string of the molecule is C=NN/C=C(\N)CN(Cc1cn(Cc2ccccc2)nn1)CC(CN(N)Cc1ccccc1)N=C. The van der Waals surface area contributed by atoms with Crippen LogP contribution in [0.25, 0.3) is 0 Å². The second kappa shape index (κ2) is 13.8. The van der Waals surface area contributed by atoms with Gasteiger partial charge in [0.15, 0.2) is 0 Å². The van der Waals surface area contributed by atoms with Gasteiger partial charge in [-0.1, -0.05) is 65.9 Å². The lowest BCUT2D eigenvalue weighted by Crippen LogP contribution is -2.43. The van der Waals surface area contributed by atoms with Crippen LogP contribution in [0.1, 0.15) is 16.8 Å². The Labute approximate surface area is 206 Å². The molecule has 0 aliphatic heterocycles. The van der Waals surface area contributed by atoms with Crippen molar-refractivity contribution in [2.75, 3.05) is 19.6 Å². The van der Waals surface area contributed by atoms with Crippen LogP contribution in [0.15, 0.2) is 88.9 Å². The fraction of sp³-hybridized carbons (Fsp3) is 0.280. The lowest BCUT2D eigenvalue weighted by molar-refractivity contribution is 0.208. The highest BCUT2D eigenvalue weighted by molar-refractivity contribution is 5.24. The Kier molecular flexibility index (Phi) is 10.1. The normalized spacial score (nSPS) is 12.6. The average Bonchev–Trinajstić information content (AvgIpc) is 3.29. The van der Waals surface area contributed by atoms with E-state index in [1.54, 1.807) is 11.2 Å². The van der Waals surface area contributed by atoms with Gasteiger partial charge < -0.3 is 5.73 Å². The van der Waals surface area contributed by atoms with Crippen molar-refractivity contribution in [2.24, 2.45) is 21.7 Å². The van der Waals surface area contributed by atoms with Crippen molar-refractivity contribution in [3.8, 4) is 0 Å². The molecule has 0 saturated carbocycles. The molecule has 3 rings (SSSR count). The van der Waals surface area contributed by atoms with Crippen LogP contribution < -0.4 is 17.0 Å². The molecule has 3 aromatic rings. The molecule has 0 saturated heterocycles. The lowest BCUT2D eigenvalue weighted by atomic mass is 10.2. The lowest BCUT2D eigenvalue weighted by Gasteiger charge is -2.27. The zero-order chi connectivity index (χ0) is 24.9. The highest BCUT2D eigenvalue weighted by Crippen LogP contribution is 2.09. The molecule has 0 amide bonds. The minimum atomic E-state index is -0.124. The quantitative estimate of drug-likeness (QED) is 0.173. The van der Waals surface area contributed by atoms with E-state index in [1.807, 2.05) is 59.4 Å². The molecule has 1 aromatic heterocycles. The van der Waals surface area contributed by atoms with E-state index in [4.69, 9.17) is 11.6 Å².